The maximum atomic E-state index is 11.9. The molecule has 0 saturated heterocycles. The molecule has 0 aliphatic heterocycles. The molecule has 2 rings (SSSR count). The topological polar surface area (TPSA) is 99.7 Å². The first-order valence-electron chi connectivity index (χ1n) is 8.60. The number of amides is 3. The Kier molecular flexibility index (Phi) is 8.17. The van der Waals surface area contributed by atoms with E-state index in [1.54, 1.807) is 19.1 Å². The number of halogens is 1. The van der Waals surface area contributed by atoms with Gasteiger partial charge in [-0.3, -0.25) is 14.4 Å². The van der Waals surface area contributed by atoms with Crippen molar-refractivity contribution in [2.45, 2.75) is 26.4 Å². The van der Waals surface area contributed by atoms with E-state index in [0.29, 0.717) is 17.3 Å². The van der Waals surface area contributed by atoms with Crippen LogP contribution >= 0.6 is 11.6 Å². The van der Waals surface area contributed by atoms with E-state index in [-0.39, 0.29) is 18.9 Å². The molecule has 0 radical (unpaired) electrons. The second-order valence-corrected chi connectivity index (χ2v) is 6.47. The number of nitrogens with one attached hydrogen (secondary N) is 3. The van der Waals surface area contributed by atoms with Crippen LogP contribution in [0.25, 0.3) is 0 Å². The highest BCUT2D eigenvalue weighted by atomic mass is 35.5. The van der Waals surface area contributed by atoms with Gasteiger partial charge in [-0.05, 0) is 30.2 Å². The lowest BCUT2D eigenvalue weighted by Crippen LogP contribution is -2.37. The third kappa shape index (κ3) is 7.59. The first kappa shape index (κ1) is 21.1. The summed E-state index contributed by atoms with van der Waals surface area (Å²) in [6.45, 7) is 2.18. The lowest BCUT2D eigenvalue weighted by atomic mass is 10.2. The van der Waals surface area contributed by atoms with Gasteiger partial charge in [-0.1, -0.05) is 54.1 Å². The molecule has 0 saturated carbocycles. The third-order valence-corrected chi connectivity index (χ3v) is 3.92. The molecule has 146 valence electrons. The zero-order chi connectivity index (χ0) is 20.4. The number of carbonyl (C=O) groups excluding carboxylic acids is 3. The molecule has 0 heterocycles. The van der Waals surface area contributed by atoms with Crippen LogP contribution in [0.3, 0.4) is 0 Å². The average molecular weight is 401 g/mol. The normalized spacial score (nSPS) is 10.9. The van der Waals surface area contributed by atoms with Gasteiger partial charge in [-0.2, -0.15) is 5.10 Å². The number of hydrazone groups is 1. The summed E-state index contributed by atoms with van der Waals surface area (Å²) in [4.78, 5) is 35.4. The van der Waals surface area contributed by atoms with Crippen LogP contribution < -0.4 is 16.1 Å². The first-order valence-corrected chi connectivity index (χ1v) is 8.98. The summed E-state index contributed by atoms with van der Waals surface area (Å²) in [7, 11) is 0. The smallest absolute Gasteiger partial charge is 0.329 e. The second-order valence-electron chi connectivity index (χ2n) is 6.04. The van der Waals surface area contributed by atoms with E-state index in [4.69, 9.17) is 11.6 Å². The van der Waals surface area contributed by atoms with Crippen LogP contribution in [0, 0.1) is 0 Å². The van der Waals surface area contributed by atoms with Crippen molar-refractivity contribution in [1.82, 2.24) is 16.1 Å². The van der Waals surface area contributed by atoms with Gasteiger partial charge in [-0.25, -0.2) is 5.43 Å². The van der Waals surface area contributed by atoms with Gasteiger partial charge in [0.25, 0.3) is 0 Å². The molecule has 0 unspecified atom stereocenters. The van der Waals surface area contributed by atoms with E-state index in [0.717, 1.165) is 11.1 Å². The summed E-state index contributed by atoms with van der Waals surface area (Å²) >= 11 is 5.81. The summed E-state index contributed by atoms with van der Waals surface area (Å²) in [6.07, 6.45) is -0.000492. The lowest BCUT2D eigenvalue weighted by molar-refractivity contribution is -0.139. The van der Waals surface area contributed by atoms with Crippen molar-refractivity contribution in [3.05, 3.63) is 70.7 Å². The van der Waals surface area contributed by atoms with Crippen LogP contribution in [0.15, 0.2) is 59.7 Å². The maximum Gasteiger partial charge on any atom is 0.329 e. The largest absolute Gasteiger partial charge is 0.352 e. The molecule has 0 aliphatic carbocycles. The van der Waals surface area contributed by atoms with E-state index in [1.165, 1.54) is 0 Å². The van der Waals surface area contributed by atoms with Gasteiger partial charge in [0.2, 0.25) is 5.91 Å². The fourth-order valence-corrected chi connectivity index (χ4v) is 2.32. The molecule has 2 aromatic carbocycles. The molecule has 0 spiro atoms. The summed E-state index contributed by atoms with van der Waals surface area (Å²) in [6, 6.07) is 16.3. The Morgan fingerprint density at radius 2 is 1.46 bits per heavy atom. The Bertz CT molecular complexity index is 852. The van der Waals surface area contributed by atoms with Gasteiger partial charge in [0.15, 0.2) is 0 Å². The van der Waals surface area contributed by atoms with Crippen molar-refractivity contribution in [1.29, 1.82) is 0 Å². The summed E-state index contributed by atoms with van der Waals surface area (Å²) in [5.41, 5.74) is 4.31. The Hall–Kier alpha value is -3.19. The maximum absolute atomic E-state index is 11.9. The number of carbonyl (C=O) groups is 3. The van der Waals surface area contributed by atoms with Gasteiger partial charge in [-0.15, -0.1) is 0 Å². The van der Waals surface area contributed by atoms with Crippen LogP contribution in [-0.4, -0.2) is 23.4 Å². The molecule has 0 aliphatic rings. The molecule has 2 aromatic rings. The Labute approximate surface area is 168 Å². The Morgan fingerprint density at radius 1 is 0.857 bits per heavy atom. The minimum atomic E-state index is -0.892. The third-order valence-electron chi connectivity index (χ3n) is 3.67. The van der Waals surface area contributed by atoms with Crippen molar-refractivity contribution < 1.29 is 14.4 Å². The molecule has 0 aromatic heterocycles. The highest BCUT2D eigenvalue weighted by Gasteiger charge is 2.12. The van der Waals surface area contributed by atoms with Gasteiger partial charge < -0.3 is 10.6 Å². The summed E-state index contributed by atoms with van der Waals surface area (Å²) in [5, 5.41) is 9.65. The number of hydrogen-bond donors (Lipinski definition) is 3. The van der Waals surface area contributed by atoms with E-state index < -0.39 is 11.8 Å². The van der Waals surface area contributed by atoms with Gasteiger partial charge in [0, 0.05) is 23.8 Å². The molecule has 8 heteroatoms. The molecule has 3 N–H and O–H groups in total. The van der Waals surface area contributed by atoms with E-state index in [2.05, 4.69) is 21.2 Å². The minimum Gasteiger partial charge on any atom is -0.352 e. The highest BCUT2D eigenvalue weighted by molar-refractivity contribution is 6.35. The standard InChI is InChI=1S/C20H21ClN4O3/c1-14(11-18(26)22-12-16-7-9-17(21)10-8-16)24-25-20(28)19(27)23-13-15-5-3-2-4-6-15/h2-10H,11-13H2,1H3,(H,22,26)(H,23,27)(H,25,28)/b24-14-. The molecular weight excluding hydrogens is 380 g/mol. The molecule has 0 bridgehead atoms. The molecule has 0 fully saturated rings. The molecule has 0 atom stereocenters. The van der Waals surface area contributed by atoms with E-state index in [9.17, 15) is 14.4 Å². The van der Waals surface area contributed by atoms with Gasteiger partial charge in [0.1, 0.15) is 0 Å². The zero-order valence-corrected chi connectivity index (χ0v) is 16.1. The molecular formula is C20H21ClN4O3. The van der Waals surface area contributed by atoms with Crippen LogP contribution in [0.2, 0.25) is 5.02 Å². The number of rotatable bonds is 7. The van der Waals surface area contributed by atoms with Crippen LogP contribution in [0.4, 0.5) is 0 Å². The zero-order valence-electron chi connectivity index (χ0n) is 15.4. The first-order chi connectivity index (χ1) is 13.4. The quantitative estimate of drug-likeness (QED) is 0.377. The van der Waals surface area contributed by atoms with Crippen molar-refractivity contribution in [3.63, 3.8) is 0 Å². The summed E-state index contributed by atoms with van der Waals surface area (Å²) < 4.78 is 0. The van der Waals surface area contributed by atoms with Crippen molar-refractivity contribution in [2.24, 2.45) is 5.10 Å². The number of nitrogens with zero attached hydrogens (tertiary/aromatic N) is 1. The molecule has 7 nitrogen and oxygen atoms in total. The van der Waals surface area contributed by atoms with Crippen LogP contribution in [-0.2, 0) is 27.5 Å². The average Bonchev–Trinajstić information content (AvgIpc) is 2.70. The molecule has 28 heavy (non-hydrogen) atoms. The number of benzene rings is 2. The second kappa shape index (κ2) is 10.8. The van der Waals surface area contributed by atoms with Crippen molar-refractivity contribution in [2.75, 3.05) is 0 Å². The van der Waals surface area contributed by atoms with E-state index >= 15 is 0 Å². The number of hydrogen-bond acceptors (Lipinski definition) is 4. The van der Waals surface area contributed by atoms with Crippen molar-refractivity contribution >= 4 is 35.0 Å². The van der Waals surface area contributed by atoms with Crippen LogP contribution in [0.1, 0.15) is 24.5 Å². The lowest BCUT2D eigenvalue weighted by Gasteiger charge is -2.06. The Balaban J connectivity index is 1.71. The van der Waals surface area contributed by atoms with Gasteiger partial charge >= 0.3 is 11.8 Å². The predicted octanol–water partition coefficient (Wildman–Crippen LogP) is 2.15. The SMILES string of the molecule is C/C(CC(=O)NCc1ccc(Cl)cc1)=N/NC(=O)C(=O)NCc1ccccc1. The van der Waals surface area contributed by atoms with Crippen molar-refractivity contribution in [3.8, 4) is 0 Å². The predicted molar refractivity (Wildman–Crippen MR) is 107 cm³/mol. The molecule has 3 amide bonds. The van der Waals surface area contributed by atoms with Crippen LogP contribution in [0.5, 0.6) is 0 Å². The fourth-order valence-electron chi connectivity index (χ4n) is 2.19. The minimum absolute atomic E-state index is 0.000492. The Morgan fingerprint density at radius 3 is 2.14 bits per heavy atom. The van der Waals surface area contributed by atoms with E-state index in [1.807, 2.05) is 42.5 Å². The fraction of sp³-hybridized carbons (Fsp3) is 0.200. The monoisotopic (exact) mass is 400 g/mol. The summed E-state index contributed by atoms with van der Waals surface area (Å²) in [5.74, 6) is -1.94. The van der Waals surface area contributed by atoms with Gasteiger partial charge in [0.05, 0.1) is 6.42 Å². The highest BCUT2D eigenvalue weighted by Crippen LogP contribution is 2.09.